The molecule has 0 radical (unpaired) electrons. The van der Waals surface area contributed by atoms with Gasteiger partial charge >= 0.3 is 0 Å². The van der Waals surface area contributed by atoms with Gasteiger partial charge in [-0.05, 0) is 37.3 Å². The van der Waals surface area contributed by atoms with Crippen LogP contribution in [-0.2, 0) is 10.0 Å². The number of nitrogens with zero attached hydrogens (tertiary/aromatic N) is 4. The Bertz CT molecular complexity index is 1250. The number of rotatable bonds is 4. The zero-order chi connectivity index (χ0) is 20.9. The standard InChI is InChI=1S/C21H20N4O4S/c1-14-17(12-22-24(14)16-6-4-3-5-7-16)19-11-18(23-25(19)30(2,26)27)15-8-9-20-21(10-15)29-13-28-20/h3-10,12,19H,11,13H2,1-2H3/t19-/m0/s1. The molecule has 0 saturated heterocycles. The van der Waals surface area contributed by atoms with Crippen molar-refractivity contribution >= 4 is 15.7 Å². The van der Waals surface area contributed by atoms with Crippen LogP contribution in [0, 0.1) is 6.92 Å². The van der Waals surface area contributed by atoms with E-state index in [0.29, 0.717) is 23.6 Å². The van der Waals surface area contributed by atoms with Crippen molar-refractivity contribution < 1.29 is 17.9 Å². The second-order valence-corrected chi connectivity index (χ2v) is 9.14. The Kier molecular flexibility index (Phi) is 4.28. The number of aromatic nitrogens is 2. The number of hydrogen-bond acceptors (Lipinski definition) is 6. The average Bonchev–Trinajstić information content (AvgIpc) is 3.45. The molecule has 0 spiro atoms. The van der Waals surface area contributed by atoms with Gasteiger partial charge in [-0.25, -0.2) is 13.1 Å². The second-order valence-electron chi connectivity index (χ2n) is 7.30. The molecule has 30 heavy (non-hydrogen) atoms. The molecule has 0 amide bonds. The van der Waals surface area contributed by atoms with E-state index in [9.17, 15) is 8.42 Å². The minimum Gasteiger partial charge on any atom is -0.454 e. The summed E-state index contributed by atoms with van der Waals surface area (Å²) in [6.07, 6.45) is 3.33. The van der Waals surface area contributed by atoms with Gasteiger partial charge < -0.3 is 9.47 Å². The Morgan fingerprint density at radius 3 is 2.60 bits per heavy atom. The Hall–Kier alpha value is -3.33. The largest absolute Gasteiger partial charge is 0.454 e. The van der Waals surface area contributed by atoms with E-state index >= 15 is 0 Å². The van der Waals surface area contributed by atoms with Gasteiger partial charge in [0.05, 0.1) is 29.9 Å². The number of ether oxygens (including phenoxy) is 2. The number of hydrogen-bond donors (Lipinski definition) is 0. The summed E-state index contributed by atoms with van der Waals surface area (Å²) in [4.78, 5) is 0. The average molecular weight is 424 g/mol. The fraction of sp³-hybridized carbons (Fsp3) is 0.238. The van der Waals surface area contributed by atoms with E-state index in [0.717, 1.165) is 22.5 Å². The monoisotopic (exact) mass is 424 g/mol. The quantitative estimate of drug-likeness (QED) is 0.643. The fourth-order valence-corrected chi connectivity index (χ4v) is 4.75. The van der Waals surface area contributed by atoms with Crippen molar-refractivity contribution in [3.63, 3.8) is 0 Å². The molecule has 8 nitrogen and oxygen atoms in total. The summed E-state index contributed by atoms with van der Waals surface area (Å²) in [5.41, 5.74) is 4.10. The molecule has 0 bridgehead atoms. The minimum absolute atomic E-state index is 0.182. The van der Waals surface area contributed by atoms with Crippen LogP contribution in [0.4, 0.5) is 0 Å². The Morgan fingerprint density at radius 1 is 1.07 bits per heavy atom. The SMILES string of the molecule is Cc1c([C@@H]2CC(c3ccc4c(c3)OCO4)=NN2S(C)(=O)=O)cnn1-c1ccccc1. The van der Waals surface area contributed by atoms with Crippen molar-refractivity contribution in [3.8, 4) is 17.2 Å². The molecule has 5 rings (SSSR count). The summed E-state index contributed by atoms with van der Waals surface area (Å²) in [6, 6.07) is 14.8. The van der Waals surface area contributed by atoms with Crippen LogP contribution in [0.2, 0.25) is 0 Å². The van der Waals surface area contributed by atoms with Crippen LogP contribution in [-0.4, -0.2) is 41.4 Å². The highest BCUT2D eigenvalue weighted by Gasteiger charge is 2.37. The molecule has 2 aliphatic heterocycles. The number of sulfonamides is 1. The molecule has 1 atom stereocenters. The summed E-state index contributed by atoms with van der Waals surface area (Å²) in [5.74, 6) is 1.31. The van der Waals surface area contributed by atoms with E-state index in [2.05, 4.69) is 10.2 Å². The van der Waals surface area contributed by atoms with E-state index in [4.69, 9.17) is 9.47 Å². The Labute approximate surface area is 174 Å². The van der Waals surface area contributed by atoms with Gasteiger partial charge in [-0.2, -0.15) is 14.6 Å². The van der Waals surface area contributed by atoms with E-state index in [1.807, 2.05) is 60.1 Å². The van der Waals surface area contributed by atoms with Crippen molar-refractivity contribution in [2.75, 3.05) is 13.0 Å². The summed E-state index contributed by atoms with van der Waals surface area (Å²) >= 11 is 0. The molecule has 0 fully saturated rings. The molecule has 0 saturated carbocycles. The lowest BCUT2D eigenvalue weighted by molar-refractivity contribution is 0.174. The summed E-state index contributed by atoms with van der Waals surface area (Å²) < 4.78 is 38.8. The summed E-state index contributed by atoms with van der Waals surface area (Å²) in [6.45, 7) is 2.12. The number of benzene rings is 2. The predicted octanol–water partition coefficient (Wildman–Crippen LogP) is 3.02. The molecule has 2 aliphatic rings. The van der Waals surface area contributed by atoms with Crippen molar-refractivity contribution in [1.82, 2.24) is 14.2 Å². The third kappa shape index (κ3) is 3.11. The highest BCUT2D eigenvalue weighted by Crippen LogP contribution is 2.39. The van der Waals surface area contributed by atoms with Gasteiger partial charge in [0.1, 0.15) is 0 Å². The first-order valence-corrected chi connectivity index (χ1v) is 11.3. The van der Waals surface area contributed by atoms with Gasteiger partial charge in [0.2, 0.25) is 16.8 Å². The number of hydrazone groups is 1. The molecule has 0 N–H and O–H groups in total. The maximum atomic E-state index is 12.5. The zero-order valence-corrected chi connectivity index (χ0v) is 17.3. The van der Waals surface area contributed by atoms with E-state index < -0.39 is 16.1 Å². The van der Waals surface area contributed by atoms with Crippen LogP contribution in [0.5, 0.6) is 11.5 Å². The lowest BCUT2D eigenvalue weighted by atomic mass is 9.99. The third-order valence-corrected chi connectivity index (χ3v) is 6.34. The van der Waals surface area contributed by atoms with Gasteiger partial charge in [-0.3, -0.25) is 0 Å². The van der Waals surface area contributed by atoms with Crippen molar-refractivity contribution in [2.24, 2.45) is 5.10 Å². The molecule has 0 aliphatic carbocycles. The zero-order valence-electron chi connectivity index (χ0n) is 16.5. The van der Waals surface area contributed by atoms with Gasteiger partial charge in [-0.15, -0.1) is 0 Å². The predicted molar refractivity (Wildman–Crippen MR) is 111 cm³/mol. The van der Waals surface area contributed by atoms with Crippen LogP contribution in [0.3, 0.4) is 0 Å². The first-order chi connectivity index (χ1) is 14.4. The van der Waals surface area contributed by atoms with Gasteiger partial charge in [-0.1, -0.05) is 18.2 Å². The van der Waals surface area contributed by atoms with Crippen molar-refractivity contribution in [1.29, 1.82) is 0 Å². The molecule has 2 aromatic carbocycles. The van der Waals surface area contributed by atoms with E-state index in [1.54, 1.807) is 6.20 Å². The third-order valence-electron chi connectivity index (χ3n) is 5.33. The number of fused-ring (bicyclic) bond motifs is 1. The highest BCUT2D eigenvalue weighted by molar-refractivity contribution is 7.88. The lowest BCUT2D eigenvalue weighted by Gasteiger charge is -2.21. The molecular weight excluding hydrogens is 404 g/mol. The molecule has 9 heteroatoms. The van der Waals surface area contributed by atoms with Gasteiger partial charge in [0, 0.05) is 23.2 Å². The van der Waals surface area contributed by atoms with Crippen LogP contribution in [0.25, 0.3) is 5.69 Å². The molecule has 3 aromatic rings. The normalized spacial score (nSPS) is 18.0. The maximum Gasteiger partial charge on any atom is 0.247 e. The first kappa shape index (κ1) is 18.7. The molecule has 1 aromatic heterocycles. The molecule has 3 heterocycles. The molecule has 0 unspecified atom stereocenters. The van der Waals surface area contributed by atoms with Crippen molar-refractivity contribution in [2.45, 2.75) is 19.4 Å². The van der Waals surface area contributed by atoms with E-state index in [-0.39, 0.29) is 6.79 Å². The lowest BCUT2D eigenvalue weighted by Crippen LogP contribution is -2.26. The second kappa shape index (κ2) is 6.88. The van der Waals surface area contributed by atoms with Gasteiger partial charge in [0.25, 0.3) is 0 Å². The smallest absolute Gasteiger partial charge is 0.247 e. The highest BCUT2D eigenvalue weighted by atomic mass is 32.2. The van der Waals surface area contributed by atoms with Crippen LogP contribution >= 0.6 is 0 Å². The Balaban J connectivity index is 1.53. The topological polar surface area (TPSA) is 86.0 Å². The number of para-hydroxylation sites is 1. The first-order valence-electron chi connectivity index (χ1n) is 9.48. The maximum absolute atomic E-state index is 12.5. The Morgan fingerprint density at radius 2 is 1.83 bits per heavy atom. The summed E-state index contributed by atoms with van der Waals surface area (Å²) in [5, 5.41) is 8.96. The van der Waals surface area contributed by atoms with Crippen LogP contribution in [0.1, 0.15) is 29.3 Å². The van der Waals surface area contributed by atoms with Crippen molar-refractivity contribution in [3.05, 3.63) is 71.5 Å². The van der Waals surface area contributed by atoms with Gasteiger partial charge in [0.15, 0.2) is 11.5 Å². The molecular formula is C21H20N4O4S. The molecule has 154 valence electrons. The fourth-order valence-electron chi connectivity index (χ4n) is 3.86. The summed E-state index contributed by atoms with van der Waals surface area (Å²) in [7, 11) is -3.57. The minimum atomic E-state index is -3.57. The van der Waals surface area contributed by atoms with Crippen LogP contribution in [0.15, 0.2) is 59.8 Å². The van der Waals surface area contributed by atoms with Crippen LogP contribution < -0.4 is 9.47 Å². The van der Waals surface area contributed by atoms with E-state index in [1.165, 1.54) is 10.7 Å².